The molecule has 0 radical (unpaired) electrons. The summed E-state index contributed by atoms with van der Waals surface area (Å²) in [6, 6.07) is 17.0. The van der Waals surface area contributed by atoms with Gasteiger partial charge in [-0.2, -0.15) is 0 Å². The van der Waals surface area contributed by atoms with Crippen molar-refractivity contribution in [1.29, 1.82) is 0 Å². The molecule has 2 aromatic carbocycles. The van der Waals surface area contributed by atoms with E-state index in [4.69, 9.17) is 32.3 Å². The summed E-state index contributed by atoms with van der Waals surface area (Å²) >= 11 is 1.62. The van der Waals surface area contributed by atoms with Gasteiger partial charge >= 0.3 is 17.6 Å². The highest BCUT2D eigenvalue weighted by molar-refractivity contribution is 7.99. The Bertz CT molecular complexity index is 1210. The fraction of sp³-hybridized carbons (Fsp3) is 0.611. The highest BCUT2D eigenvalue weighted by atomic mass is 32.2. The largest absolute Gasteiger partial charge is 0.500 e. The first kappa shape index (κ1) is 49.5. The van der Waals surface area contributed by atoms with Gasteiger partial charge in [-0.25, -0.2) is 0 Å². The highest BCUT2D eigenvalue weighted by Gasteiger charge is 2.40. The van der Waals surface area contributed by atoms with Crippen molar-refractivity contribution in [2.24, 2.45) is 5.73 Å². The summed E-state index contributed by atoms with van der Waals surface area (Å²) in [5, 5.41) is 20.8. The van der Waals surface area contributed by atoms with Crippen LogP contribution in [0.2, 0.25) is 12.1 Å². The third-order valence-electron chi connectivity index (χ3n) is 7.05. The Balaban J connectivity index is 0.000000837. The van der Waals surface area contributed by atoms with Gasteiger partial charge < -0.3 is 32.3 Å². The molecule has 0 fully saturated rings. The summed E-state index contributed by atoms with van der Waals surface area (Å²) in [5.41, 5.74) is 9.62. The van der Waals surface area contributed by atoms with Gasteiger partial charge in [0.05, 0.1) is 10.2 Å². The molecule has 296 valence electrons. The number of hydrogen-bond acceptors (Lipinski definition) is 12. The first-order valence-electron chi connectivity index (χ1n) is 18.1. The fourth-order valence-corrected chi connectivity index (χ4v) is 11.5. The van der Waals surface area contributed by atoms with Crippen molar-refractivity contribution in [3.05, 3.63) is 97.2 Å². The highest BCUT2D eigenvalue weighted by Crippen LogP contribution is 2.31. The van der Waals surface area contributed by atoms with Crippen LogP contribution in [0.15, 0.2) is 54.7 Å². The molecule has 0 saturated carbocycles. The molecule has 0 amide bonds. The predicted octanol–water partition coefficient (Wildman–Crippen LogP) is 8.11. The van der Waals surface area contributed by atoms with Crippen molar-refractivity contribution in [1.82, 2.24) is 0 Å². The Morgan fingerprint density at radius 3 is 1.46 bits per heavy atom. The van der Waals surface area contributed by atoms with E-state index in [2.05, 4.69) is 0 Å². The smallest absolute Gasteiger partial charge is 0.374 e. The van der Waals surface area contributed by atoms with Crippen molar-refractivity contribution >= 4 is 35.4 Å². The Morgan fingerprint density at radius 1 is 0.692 bits per heavy atom. The Hall–Kier alpha value is -2.52. The molecule has 0 aliphatic heterocycles. The van der Waals surface area contributed by atoms with Gasteiger partial charge in [-0.1, -0.05) is 59.7 Å². The molecule has 52 heavy (non-hydrogen) atoms. The van der Waals surface area contributed by atoms with Crippen LogP contribution in [-0.2, 0) is 26.6 Å². The predicted molar refractivity (Wildman–Crippen MR) is 215 cm³/mol. The minimum Gasteiger partial charge on any atom is -0.374 e. The number of nitrogens with two attached hydrogens (primary N) is 1. The number of nitrogens with zero attached hydrogens (tertiary/aromatic N) is 2. The fourth-order valence-electron chi connectivity index (χ4n) is 4.83. The van der Waals surface area contributed by atoms with Crippen LogP contribution < -0.4 is 5.73 Å². The van der Waals surface area contributed by atoms with Gasteiger partial charge in [0, 0.05) is 62.7 Å². The minimum atomic E-state index is -2.63. The third-order valence-corrected chi connectivity index (χ3v) is 14.7. The SMILES string of the molecule is CCO[Si](CCCN)(OCC)OCC.CCO[Si](CCCSC(C[N+](=O)[O-])c1ccc(C)cc1)(OCC)OCC.Cc1ccc(/C=C/[N+](=O)[O-])cc1. The lowest BCUT2D eigenvalue weighted by molar-refractivity contribution is -0.479. The monoisotopic (exact) mass is 785 g/mol. The van der Waals surface area contributed by atoms with E-state index in [-0.39, 0.29) is 16.7 Å². The maximum atomic E-state index is 11.0. The second-order valence-corrected chi connectivity index (χ2v) is 18.0. The third kappa shape index (κ3) is 22.5. The van der Waals surface area contributed by atoms with Gasteiger partial charge in [0.25, 0.3) is 0 Å². The van der Waals surface area contributed by atoms with Crippen LogP contribution in [0, 0.1) is 34.1 Å². The maximum absolute atomic E-state index is 11.0. The number of aryl methyl sites for hydroxylation is 2. The topological polar surface area (TPSA) is 168 Å². The van der Waals surface area contributed by atoms with Crippen molar-refractivity contribution in [2.45, 2.75) is 85.6 Å². The number of thioether (sulfide) groups is 1. The standard InChI is InChI=1S/C18H31NO5SSi.C9H23NO3Si.C9H9NO2/c1-5-22-26(23-6-2,24-7-3)14-8-13-25-18(15-19(20)21)17-11-9-16(4)10-12-17;1-4-11-14(12-5-2,13-6-3)9-7-8-10;1-8-2-4-9(5-3-8)6-7-10(11)12/h9-12,18H,5-8,13-15H2,1-4H3;4-10H2,1-3H3;2-7H,1H3/b;;7-6+. The maximum Gasteiger partial charge on any atom is 0.500 e. The lowest BCUT2D eigenvalue weighted by atomic mass is 10.1. The molecule has 0 bridgehead atoms. The Morgan fingerprint density at radius 2 is 1.10 bits per heavy atom. The number of hydrogen-bond donors (Lipinski definition) is 1. The zero-order valence-corrected chi connectivity index (χ0v) is 35.3. The quantitative estimate of drug-likeness (QED) is 0.0445. The number of nitro groups is 2. The summed E-state index contributed by atoms with van der Waals surface area (Å²) in [5.74, 6) is 0.800. The van der Waals surface area contributed by atoms with Crippen molar-refractivity contribution < 1.29 is 36.4 Å². The van der Waals surface area contributed by atoms with Crippen LogP contribution in [0.1, 0.15) is 81.9 Å². The van der Waals surface area contributed by atoms with Crippen molar-refractivity contribution in [2.75, 3.05) is 58.5 Å². The first-order chi connectivity index (χ1) is 24.9. The molecule has 2 N–H and O–H groups in total. The number of benzene rings is 2. The second-order valence-electron chi connectivity index (χ2n) is 11.3. The van der Waals surface area contributed by atoms with Crippen LogP contribution in [-0.4, -0.2) is 85.9 Å². The summed E-state index contributed by atoms with van der Waals surface area (Å²) in [6.07, 6.45) is 4.15. The first-order valence-corrected chi connectivity index (χ1v) is 23.0. The van der Waals surface area contributed by atoms with Crippen LogP contribution in [0.4, 0.5) is 0 Å². The molecule has 13 nitrogen and oxygen atoms in total. The van der Waals surface area contributed by atoms with Crippen molar-refractivity contribution in [3.63, 3.8) is 0 Å². The molecule has 1 atom stereocenters. The van der Waals surface area contributed by atoms with E-state index >= 15 is 0 Å². The molecule has 0 heterocycles. The van der Waals surface area contributed by atoms with Crippen LogP contribution in [0.3, 0.4) is 0 Å². The molecule has 0 spiro atoms. The molecular formula is C36H63N3O10SSi2. The van der Waals surface area contributed by atoms with Gasteiger partial charge in [0.1, 0.15) is 0 Å². The van der Waals surface area contributed by atoms with E-state index in [0.29, 0.717) is 46.2 Å². The molecule has 1 unspecified atom stereocenters. The van der Waals surface area contributed by atoms with Crippen LogP contribution in [0.25, 0.3) is 6.08 Å². The normalized spacial score (nSPS) is 12.1. The van der Waals surface area contributed by atoms with E-state index in [0.717, 1.165) is 59.1 Å². The summed E-state index contributed by atoms with van der Waals surface area (Å²) in [6.45, 7) is 19.9. The summed E-state index contributed by atoms with van der Waals surface area (Å²) in [4.78, 5) is 20.3. The lowest BCUT2D eigenvalue weighted by Crippen LogP contribution is -2.46. The molecule has 2 rings (SSSR count). The van der Waals surface area contributed by atoms with Gasteiger partial charge in [-0.3, -0.25) is 20.2 Å². The minimum absolute atomic E-state index is 0.0708. The van der Waals surface area contributed by atoms with Crippen molar-refractivity contribution in [3.8, 4) is 0 Å². The molecule has 0 aromatic heterocycles. The average molecular weight is 786 g/mol. The van der Waals surface area contributed by atoms with E-state index in [1.165, 1.54) is 6.08 Å². The molecule has 0 aliphatic rings. The molecule has 16 heteroatoms. The molecule has 0 saturated heterocycles. The Labute approximate surface area is 318 Å². The van der Waals surface area contributed by atoms with E-state index in [9.17, 15) is 20.2 Å². The van der Waals surface area contributed by atoms with Gasteiger partial charge in [-0.05, 0) is 91.7 Å². The zero-order valence-electron chi connectivity index (χ0n) is 32.5. The summed E-state index contributed by atoms with van der Waals surface area (Å²) < 4.78 is 34.5. The molecule has 0 aliphatic carbocycles. The van der Waals surface area contributed by atoms with Crippen LogP contribution >= 0.6 is 11.8 Å². The van der Waals surface area contributed by atoms with Gasteiger partial charge in [0.2, 0.25) is 12.7 Å². The lowest BCUT2D eigenvalue weighted by Gasteiger charge is -2.28. The zero-order chi connectivity index (χ0) is 39.3. The van der Waals surface area contributed by atoms with Crippen LogP contribution in [0.5, 0.6) is 0 Å². The second kappa shape index (κ2) is 29.9. The van der Waals surface area contributed by atoms with E-state index < -0.39 is 22.5 Å². The van der Waals surface area contributed by atoms with Gasteiger partial charge in [0.15, 0.2) is 0 Å². The molecular weight excluding hydrogens is 723 g/mol. The average Bonchev–Trinajstić information content (AvgIpc) is 3.10. The van der Waals surface area contributed by atoms with Gasteiger partial charge in [-0.15, -0.1) is 11.8 Å². The van der Waals surface area contributed by atoms with E-state index in [1.54, 1.807) is 11.8 Å². The van der Waals surface area contributed by atoms with E-state index in [1.807, 2.05) is 104 Å². The Kier molecular flexibility index (Phi) is 28.4. The molecule has 2 aromatic rings. The summed E-state index contributed by atoms with van der Waals surface area (Å²) in [7, 11) is -5.03. The number of rotatable bonds is 25.